The molecule has 0 saturated carbocycles. The third kappa shape index (κ3) is 7.51. The van der Waals surface area contributed by atoms with Crippen LogP contribution in [0, 0.1) is 0 Å². The Balaban J connectivity index is 1.21. The van der Waals surface area contributed by atoms with Crippen LogP contribution in [0.5, 0.6) is 0 Å². The zero-order valence-corrected chi connectivity index (χ0v) is 22.7. The van der Waals surface area contributed by atoms with E-state index in [1.807, 2.05) is 48.5 Å². The van der Waals surface area contributed by atoms with Gasteiger partial charge in [-0.3, -0.25) is 4.98 Å². The highest BCUT2D eigenvalue weighted by atomic mass is 32.1. The van der Waals surface area contributed by atoms with Crippen LogP contribution < -0.4 is 0 Å². The fourth-order valence-electron chi connectivity index (χ4n) is 4.10. The SMILES string of the molecule is O=C(O)N(CCCN(Cc1ccc(-n2cncn2)cc1)C(=O)OCc1cncs1)Cc1ccc(-n2cncn2)cc1. The maximum absolute atomic E-state index is 13.1. The molecule has 3 heterocycles. The van der Waals surface area contributed by atoms with Crippen LogP contribution in [-0.4, -0.2) is 74.7 Å². The van der Waals surface area contributed by atoms with E-state index in [1.165, 1.54) is 28.9 Å². The first-order valence-electron chi connectivity index (χ1n) is 12.7. The molecule has 0 aliphatic heterocycles. The molecule has 2 amide bonds. The van der Waals surface area contributed by atoms with Gasteiger partial charge >= 0.3 is 12.2 Å². The number of aromatic nitrogens is 7. The van der Waals surface area contributed by atoms with Gasteiger partial charge in [-0.2, -0.15) is 10.2 Å². The molecule has 5 rings (SSSR count). The molecule has 3 aromatic heterocycles. The molecule has 0 unspecified atom stereocenters. The van der Waals surface area contributed by atoms with Crippen molar-refractivity contribution in [3.8, 4) is 11.4 Å². The summed E-state index contributed by atoms with van der Waals surface area (Å²) in [5, 5.41) is 18.1. The van der Waals surface area contributed by atoms with Gasteiger partial charge in [-0.25, -0.2) is 28.9 Å². The Morgan fingerprint density at radius 3 is 1.85 bits per heavy atom. The fraction of sp³-hybridized carbons (Fsp3) is 0.222. The fourth-order valence-corrected chi connectivity index (χ4v) is 4.61. The maximum atomic E-state index is 13.1. The number of hydrogen-bond donors (Lipinski definition) is 1. The van der Waals surface area contributed by atoms with E-state index in [1.54, 1.807) is 38.6 Å². The van der Waals surface area contributed by atoms with Gasteiger partial charge in [0, 0.05) is 32.4 Å². The molecule has 0 spiro atoms. The van der Waals surface area contributed by atoms with Crippen LogP contribution in [-0.2, 0) is 24.4 Å². The summed E-state index contributed by atoms with van der Waals surface area (Å²) < 4.78 is 8.81. The molecule has 0 bridgehead atoms. The van der Waals surface area contributed by atoms with Crippen molar-refractivity contribution in [3.05, 3.63) is 102 Å². The number of rotatable bonds is 12. The number of ether oxygens (including phenoxy) is 1. The number of nitrogens with zero attached hydrogens (tertiary/aromatic N) is 9. The van der Waals surface area contributed by atoms with Crippen LogP contribution in [0.15, 0.2) is 85.5 Å². The molecule has 0 atom stereocenters. The molecule has 0 radical (unpaired) electrons. The van der Waals surface area contributed by atoms with Gasteiger partial charge in [0.1, 0.15) is 31.9 Å². The molecule has 41 heavy (non-hydrogen) atoms. The monoisotopic (exact) mass is 573 g/mol. The predicted octanol–water partition coefficient (Wildman–Crippen LogP) is 4.01. The molecule has 14 heteroatoms. The third-order valence-electron chi connectivity index (χ3n) is 6.19. The van der Waals surface area contributed by atoms with E-state index >= 15 is 0 Å². The lowest BCUT2D eigenvalue weighted by atomic mass is 10.2. The van der Waals surface area contributed by atoms with Crippen molar-refractivity contribution in [3.63, 3.8) is 0 Å². The summed E-state index contributed by atoms with van der Waals surface area (Å²) in [5.41, 5.74) is 5.09. The number of carbonyl (C=O) groups excluding carboxylic acids is 1. The lowest BCUT2D eigenvalue weighted by Gasteiger charge is -2.25. The molecular formula is C27H27N9O4S. The number of carbonyl (C=O) groups is 2. The summed E-state index contributed by atoms with van der Waals surface area (Å²) in [6.45, 7) is 1.19. The molecule has 0 fully saturated rings. The van der Waals surface area contributed by atoms with Crippen LogP contribution in [0.4, 0.5) is 9.59 Å². The molecule has 0 saturated heterocycles. The highest BCUT2D eigenvalue weighted by Gasteiger charge is 2.19. The molecule has 5 aromatic rings. The lowest BCUT2D eigenvalue weighted by molar-refractivity contribution is 0.0919. The van der Waals surface area contributed by atoms with E-state index in [2.05, 4.69) is 25.1 Å². The van der Waals surface area contributed by atoms with Crippen molar-refractivity contribution >= 4 is 23.5 Å². The minimum atomic E-state index is -1.03. The quantitative estimate of drug-likeness (QED) is 0.234. The lowest BCUT2D eigenvalue weighted by Crippen LogP contribution is -2.35. The summed E-state index contributed by atoms with van der Waals surface area (Å²) in [4.78, 5) is 40.7. The second-order valence-electron chi connectivity index (χ2n) is 9.01. The second-order valence-corrected chi connectivity index (χ2v) is 9.99. The van der Waals surface area contributed by atoms with E-state index in [4.69, 9.17) is 4.74 Å². The molecule has 2 aromatic carbocycles. The van der Waals surface area contributed by atoms with Gasteiger partial charge in [-0.15, -0.1) is 11.3 Å². The minimum Gasteiger partial charge on any atom is -0.465 e. The van der Waals surface area contributed by atoms with Crippen LogP contribution in [0.2, 0.25) is 0 Å². The average Bonchev–Trinajstić information content (AvgIpc) is 3.80. The van der Waals surface area contributed by atoms with Crippen molar-refractivity contribution in [2.45, 2.75) is 26.1 Å². The zero-order chi connectivity index (χ0) is 28.4. The summed E-state index contributed by atoms with van der Waals surface area (Å²) in [6, 6.07) is 15.0. The van der Waals surface area contributed by atoms with E-state index in [0.29, 0.717) is 19.5 Å². The van der Waals surface area contributed by atoms with Crippen LogP contribution in [0.25, 0.3) is 11.4 Å². The first-order valence-corrected chi connectivity index (χ1v) is 13.6. The van der Waals surface area contributed by atoms with Crippen LogP contribution in [0.3, 0.4) is 0 Å². The Morgan fingerprint density at radius 2 is 1.37 bits per heavy atom. The first-order chi connectivity index (χ1) is 20.0. The molecule has 0 aliphatic carbocycles. The Morgan fingerprint density at radius 1 is 0.805 bits per heavy atom. The predicted molar refractivity (Wildman–Crippen MR) is 148 cm³/mol. The normalized spacial score (nSPS) is 10.8. The Kier molecular flexibility index (Phi) is 8.91. The number of amides is 2. The summed E-state index contributed by atoms with van der Waals surface area (Å²) >= 11 is 1.41. The van der Waals surface area contributed by atoms with Gasteiger partial charge < -0.3 is 19.6 Å². The maximum Gasteiger partial charge on any atom is 0.410 e. The van der Waals surface area contributed by atoms with Gasteiger partial charge in [-0.05, 0) is 41.8 Å². The van der Waals surface area contributed by atoms with Crippen molar-refractivity contribution in [1.82, 2.24) is 44.3 Å². The van der Waals surface area contributed by atoms with Crippen molar-refractivity contribution in [1.29, 1.82) is 0 Å². The highest BCUT2D eigenvalue weighted by Crippen LogP contribution is 2.15. The van der Waals surface area contributed by atoms with Gasteiger partial charge in [0.2, 0.25) is 0 Å². The van der Waals surface area contributed by atoms with Crippen LogP contribution in [0.1, 0.15) is 22.4 Å². The third-order valence-corrected chi connectivity index (χ3v) is 6.95. The van der Waals surface area contributed by atoms with Gasteiger partial charge in [0.25, 0.3) is 0 Å². The number of carboxylic acid groups (broad SMARTS) is 1. The van der Waals surface area contributed by atoms with Crippen molar-refractivity contribution < 1.29 is 19.4 Å². The average molecular weight is 574 g/mol. The molecule has 0 aliphatic rings. The van der Waals surface area contributed by atoms with Crippen molar-refractivity contribution in [2.75, 3.05) is 13.1 Å². The molecular weight excluding hydrogens is 546 g/mol. The summed E-state index contributed by atoms with van der Waals surface area (Å²) in [7, 11) is 0. The number of thiazole rings is 1. The Labute approximate surface area is 239 Å². The van der Waals surface area contributed by atoms with E-state index < -0.39 is 12.2 Å². The van der Waals surface area contributed by atoms with E-state index in [0.717, 1.165) is 27.4 Å². The minimum absolute atomic E-state index is 0.122. The van der Waals surface area contributed by atoms with Gasteiger partial charge in [0.05, 0.1) is 21.8 Å². The summed E-state index contributed by atoms with van der Waals surface area (Å²) in [5.74, 6) is 0. The standard InChI is InChI=1S/C27H27N9O4S/c37-26(38)33(13-21-2-6-23(7-3-21)35-18-29-16-31-35)10-1-11-34(27(39)40-15-25-12-28-20-41-25)14-22-4-8-24(9-5-22)36-19-30-17-32-36/h2-9,12,16-20H,1,10-11,13-15H2,(H,37,38). The van der Waals surface area contributed by atoms with Crippen LogP contribution >= 0.6 is 11.3 Å². The smallest absolute Gasteiger partial charge is 0.410 e. The largest absolute Gasteiger partial charge is 0.465 e. The molecule has 210 valence electrons. The van der Waals surface area contributed by atoms with Gasteiger partial charge in [-0.1, -0.05) is 24.3 Å². The summed E-state index contributed by atoms with van der Waals surface area (Å²) in [6.07, 6.45) is 6.69. The molecule has 13 nitrogen and oxygen atoms in total. The number of hydrogen-bond acceptors (Lipinski definition) is 9. The first kappa shape index (κ1) is 27.5. The Hall–Kier alpha value is -5.11. The Bertz CT molecular complexity index is 1510. The zero-order valence-electron chi connectivity index (χ0n) is 21.9. The number of benzene rings is 2. The topological polar surface area (TPSA) is 144 Å². The highest BCUT2D eigenvalue weighted by molar-refractivity contribution is 7.09. The second kappa shape index (κ2) is 13.3. The van der Waals surface area contributed by atoms with Crippen molar-refractivity contribution in [2.24, 2.45) is 0 Å². The molecule has 1 N–H and O–H groups in total. The van der Waals surface area contributed by atoms with Gasteiger partial charge in [0.15, 0.2) is 0 Å². The van der Waals surface area contributed by atoms with E-state index in [-0.39, 0.29) is 19.7 Å². The van der Waals surface area contributed by atoms with E-state index in [9.17, 15) is 14.7 Å².